The molecule has 0 amide bonds. The van der Waals surface area contributed by atoms with Crippen LogP contribution < -0.4 is 5.32 Å². The van der Waals surface area contributed by atoms with Crippen LogP contribution in [0.5, 0.6) is 0 Å². The number of benzene rings is 1. The summed E-state index contributed by atoms with van der Waals surface area (Å²) < 4.78 is 0. The first-order chi connectivity index (χ1) is 5.77. The molecule has 1 aliphatic heterocycles. The maximum Gasteiger partial charge on any atom is 0.129 e. The lowest BCUT2D eigenvalue weighted by molar-refractivity contribution is 0.491. The van der Waals surface area contributed by atoms with E-state index in [1.165, 1.54) is 5.56 Å². The van der Waals surface area contributed by atoms with Gasteiger partial charge in [-0.1, -0.05) is 18.2 Å². The second kappa shape index (κ2) is 2.55. The molecule has 0 fully saturated rings. The molecule has 1 aromatic rings. The van der Waals surface area contributed by atoms with Crippen LogP contribution in [0, 0.1) is 0 Å². The fourth-order valence-corrected chi connectivity index (χ4v) is 1.24. The van der Waals surface area contributed by atoms with Gasteiger partial charge in [-0.25, -0.2) is 5.32 Å². The van der Waals surface area contributed by atoms with Crippen molar-refractivity contribution in [1.29, 1.82) is 0 Å². The Balaban J connectivity index is 2.35. The molecule has 2 heteroatoms. The molecule has 0 saturated carbocycles. The second-order valence-corrected chi connectivity index (χ2v) is 3.07. The van der Waals surface area contributed by atoms with E-state index in [2.05, 4.69) is 17.5 Å². The quantitative estimate of drug-likeness (QED) is 0.610. The molecule has 12 heavy (non-hydrogen) atoms. The van der Waals surface area contributed by atoms with Gasteiger partial charge in [-0.2, -0.15) is 0 Å². The molecule has 0 atom stereocenters. The van der Waals surface area contributed by atoms with Gasteiger partial charge in [0.05, 0.1) is 5.69 Å². The Morgan fingerprint density at radius 2 is 1.92 bits per heavy atom. The zero-order chi connectivity index (χ0) is 8.55. The highest BCUT2D eigenvalue weighted by Gasteiger charge is 2.13. The van der Waals surface area contributed by atoms with E-state index in [0.29, 0.717) is 0 Å². The molecule has 0 bridgehead atoms. The normalized spacial score (nSPS) is 13.3. The van der Waals surface area contributed by atoms with Crippen LogP contribution >= 0.6 is 0 Å². The molecule has 2 nitrogen and oxygen atoms in total. The summed E-state index contributed by atoms with van der Waals surface area (Å²) in [5.41, 5.74) is 2.28. The summed E-state index contributed by atoms with van der Waals surface area (Å²) in [4.78, 5) is 2.01. The third-order valence-corrected chi connectivity index (χ3v) is 1.91. The first-order valence-corrected chi connectivity index (χ1v) is 3.97. The molecule has 0 N–H and O–H groups in total. The van der Waals surface area contributed by atoms with Crippen LogP contribution in [0.3, 0.4) is 0 Å². The molecule has 0 aromatic heterocycles. The van der Waals surface area contributed by atoms with Gasteiger partial charge in [-0.15, -0.1) is 0 Å². The minimum Gasteiger partial charge on any atom is -0.363 e. The molecule has 0 unspecified atom stereocenters. The van der Waals surface area contributed by atoms with E-state index in [1.807, 2.05) is 37.2 Å². The summed E-state index contributed by atoms with van der Waals surface area (Å²) in [7, 11) is 4.00. The predicted molar refractivity (Wildman–Crippen MR) is 49.9 cm³/mol. The smallest absolute Gasteiger partial charge is 0.129 e. The van der Waals surface area contributed by atoms with Gasteiger partial charge in [0, 0.05) is 19.7 Å². The second-order valence-electron chi connectivity index (χ2n) is 3.07. The van der Waals surface area contributed by atoms with Crippen molar-refractivity contribution in [3.8, 4) is 0 Å². The van der Waals surface area contributed by atoms with E-state index < -0.39 is 0 Å². The summed E-state index contributed by atoms with van der Waals surface area (Å²) in [6.07, 6.45) is 2.09. The van der Waals surface area contributed by atoms with E-state index in [1.54, 1.807) is 0 Å². The van der Waals surface area contributed by atoms with Gasteiger partial charge in [0.25, 0.3) is 0 Å². The number of hydrogen-bond acceptors (Lipinski definition) is 1. The van der Waals surface area contributed by atoms with Crippen LogP contribution in [0.4, 0.5) is 5.69 Å². The third-order valence-electron chi connectivity index (χ3n) is 1.91. The Kier molecular flexibility index (Phi) is 1.54. The van der Waals surface area contributed by atoms with E-state index in [9.17, 15) is 0 Å². The van der Waals surface area contributed by atoms with Crippen molar-refractivity contribution < 1.29 is 0 Å². The number of para-hydroxylation sites is 1. The first kappa shape index (κ1) is 7.22. The molecular formula is C10H11N2. The zero-order valence-electron chi connectivity index (χ0n) is 7.28. The van der Waals surface area contributed by atoms with Crippen molar-refractivity contribution in [3.05, 3.63) is 35.6 Å². The lowest BCUT2D eigenvalue weighted by Crippen LogP contribution is -2.14. The standard InChI is InChI=1S/C10H11N2/c1-12(2)10-7-8-5-3-4-6-9(8)11-10/h3-7H,1-2H3. The largest absolute Gasteiger partial charge is 0.363 e. The molecule has 1 heterocycles. The van der Waals surface area contributed by atoms with Crippen LogP contribution in [0.25, 0.3) is 6.08 Å². The van der Waals surface area contributed by atoms with Crippen molar-refractivity contribution >= 4 is 11.8 Å². The SMILES string of the molecule is CN(C)C1=Cc2ccccc2[N]1. The number of fused-ring (bicyclic) bond motifs is 1. The predicted octanol–water partition coefficient (Wildman–Crippen LogP) is 1.80. The number of hydrogen-bond donors (Lipinski definition) is 0. The van der Waals surface area contributed by atoms with Gasteiger partial charge in [-0.05, 0) is 12.1 Å². The van der Waals surface area contributed by atoms with E-state index >= 15 is 0 Å². The summed E-state index contributed by atoms with van der Waals surface area (Å²) >= 11 is 0. The summed E-state index contributed by atoms with van der Waals surface area (Å²) in [6.45, 7) is 0. The molecule has 0 aliphatic carbocycles. The van der Waals surface area contributed by atoms with Gasteiger partial charge < -0.3 is 4.90 Å². The van der Waals surface area contributed by atoms with Crippen LogP contribution in [-0.2, 0) is 0 Å². The van der Waals surface area contributed by atoms with Gasteiger partial charge >= 0.3 is 0 Å². The van der Waals surface area contributed by atoms with Gasteiger partial charge in [0.15, 0.2) is 0 Å². The Bertz CT molecular complexity index is 326. The lowest BCUT2D eigenvalue weighted by atomic mass is 10.2. The molecule has 0 saturated heterocycles. The maximum absolute atomic E-state index is 4.44. The number of nitrogens with zero attached hydrogens (tertiary/aromatic N) is 2. The molecule has 1 aromatic carbocycles. The first-order valence-electron chi connectivity index (χ1n) is 3.97. The minimum absolute atomic E-state index is 1.02. The minimum atomic E-state index is 1.02. The summed E-state index contributed by atoms with van der Waals surface area (Å²) in [5, 5.41) is 4.44. The lowest BCUT2D eigenvalue weighted by Gasteiger charge is -2.11. The highest BCUT2D eigenvalue weighted by atomic mass is 15.2. The van der Waals surface area contributed by atoms with Crippen LogP contribution in [0.1, 0.15) is 5.56 Å². The molecule has 2 rings (SSSR count). The number of rotatable bonds is 1. The maximum atomic E-state index is 4.44. The Labute approximate surface area is 72.5 Å². The molecule has 1 aliphatic rings. The van der Waals surface area contributed by atoms with Crippen LogP contribution in [-0.4, -0.2) is 19.0 Å². The van der Waals surface area contributed by atoms with Gasteiger partial charge in [0.2, 0.25) is 0 Å². The summed E-state index contributed by atoms with van der Waals surface area (Å²) in [5.74, 6) is 1.02. The van der Waals surface area contributed by atoms with Crippen molar-refractivity contribution in [1.82, 2.24) is 10.2 Å². The van der Waals surface area contributed by atoms with Crippen LogP contribution in [0.2, 0.25) is 0 Å². The molecule has 0 spiro atoms. The average molecular weight is 159 g/mol. The summed E-state index contributed by atoms with van der Waals surface area (Å²) in [6, 6.07) is 8.15. The fraction of sp³-hybridized carbons (Fsp3) is 0.200. The molecule has 61 valence electrons. The van der Waals surface area contributed by atoms with Crippen molar-refractivity contribution in [2.75, 3.05) is 14.1 Å². The van der Waals surface area contributed by atoms with Crippen molar-refractivity contribution in [2.24, 2.45) is 0 Å². The Morgan fingerprint density at radius 3 is 2.58 bits per heavy atom. The zero-order valence-corrected chi connectivity index (χ0v) is 7.28. The highest BCUT2D eigenvalue weighted by molar-refractivity contribution is 5.71. The van der Waals surface area contributed by atoms with Crippen LogP contribution in [0.15, 0.2) is 30.1 Å². The van der Waals surface area contributed by atoms with Crippen molar-refractivity contribution in [2.45, 2.75) is 0 Å². The Morgan fingerprint density at radius 1 is 1.17 bits per heavy atom. The molecular weight excluding hydrogens is 148 g/mol. The monoisotopic (exact) mass is 159 g/mol. The third kappa shape index (κ3) is 1.05. The molecule has 1 radical (unpaired) electrons. The van der Waals surface area contributed by atoms with E-state index in [0.717, 1.165) is 11.5 Å². The highest BCUT2D eigenvalue weighted by Crippen LogP contribution is 2.26. The fourth-order valence-electron chi connectivity index (χ4n) is 1.24. The van der Waals surface area contributed by atoms with Gasteiger partial charge in [-0.3, -0.25) is 0 Å². The average Bonchev–Trinajstić information content (AvgIpc) is 2.46. The van der Waals surface area contributed by atoms with E-state index in [-0.39, 0.29) is 0 Å². The van der Waals surface area contributed by atoms with Gasteiger partial charge in [0.1, 0.15) is 5.82 Å². The topological polar surface area (TPSA) is 17.3 Å². The van der Waals surface area contributed by atoms with E-state index in [4.69, 9.17) is 0 Å². The van der Waals surface area contributed by atoms with Crippen molar-refractivity contribution in [3.63, 3.8) is 0 Å². The Hall–Kier alpha value is -1.44.